The van der Waals surface area contributed by atoms with Crippen molar-refractivity contribution < 1.29 is 4.74 Å². The molecular formula is C12H25NO. The summed E-state index contributed by atoms with van der Waals surface area (Å²) in [4.78, 5) is 0. The van der Waals surface area contributed by atoms with E-state index in [1.807, 2.05) is 0 Å². The second-order valence-electron chi connectivity index (χ2n) is 5.66. The lowest BCUT2D eigenvalue weighted by Crippen LogP contribution is -2.47. The van der Waals surface area contributed by atoms with Crippen LogP contribution in [0.25, 0.3) is 0 Å². The first-order valence-corrected chi connectivity index (χ1v) is 5.77. The van der Waals surface area contributed by atoms with Gasteiger partial charge < -0.3 is 10.1 Å². The summed E-state index contributed by atoms with van der Waals surface area (Å²) in [6.45, 7) is 12.2. The highest BCUT2D eigenvalue weighted by Crippen LogP contribution is 2.21. The van der Waals surface area contributed by atoms with E-state index in [9.17, 15) is 0 Å². The molecule has 0 bridgehead atoms. The first kappa shape index (κ1) is 12.0. The smallest absolute Gasteiger partial charge is 0.0561 e. The highest BCUT2D eigenvalue weighted by molar-refractivity contribution is 4.82. The zero-order valence-corrected chi connectivity index (χ0v) is 10.3. The average molecular weight is 199 g/mol. The second-order valence-corrected chi connectivity index (χ2v) is 5.66. The van der Waals surface area contributed by atoms with Gasteiger partial charge in [0, 0.05) is 18.7 Å². The number of hydrogen-bond donors (Lipinski definition) is 1. The van der Waals surface area contributed by atoms with Crippen molar-refractivity contribution in [1.82, 2.24) is 5.32 Å². The van der Waals surface area contributed by atoms with Gasteiger partial charge >= 0.3 is 0 Å². The maximum atomic E-state index is 5.54. The minimum absolute atomic E-state index is 0.349. The summed E-state index contributed by atoms with van der Waals surface area (Å²) in [5.41, 5.74) is 0.349. The zero-order chi connectivity index (χ0) is 10.8. The second kappa shape index (κ2) is 4.63. The standard InChI is InChI=1S/C12H25NO/c1-9-8-11(6-7-14-9)13-10(2)12(3,4)5/h9-11,13H,6-8H2,1-5H3. The summed E-state index contributed by atoms with van der Waals surface area (Å²) in [5, 5.41) is 3.71. The lowest BCUT2D eigenvalue weighted by atomic mass is 9.87. The third-order valence-corrected chi connectivity index (χ3v) is 3.27. The van der Waals surface area contributed by atoms with E-state index in [1.54, 1.807) is 0 Å². The molecule has 2 heteroatoms. The Morgan fingerprint density at radius 2 is 2.00 bits per heavy atom. The van der Waals surface area contributed by atoms with Gasteiger partial charge in [-0.25, -0.2) is 0 Å². The molecule has 14 heavy (non-hydrogen) atoms. The van der Waals surface area contributed by atoms with Gasteiger partial charge in [0.15, 0.2) is 0 Å². The molecule has 0 saturated carbocycles. The molecule has 1 aliphatic heterocycles. The Kier molecular flexibility index (Phi) is 3.96. The van der Waals surface area contributed by atoms with Crippen molar-refractivity contribution in [2.24, 2.45) is 5.41 Å². The fraction of sp³-hybridized carbons (Fsp3) is 1.00. The van der Waals surface area contributed by atoms with Crippen LogP contribution < -0.4 is 5.32 Å². The number of nitrogens with one attached hydrogen (secondary N) is 1. The van der Waals surface area contributed by atoms with Crippen LogP contribution in [0.15, 0.2) is 0 Å². The average Bonchev–Trinajstić information content (AvgIpc) is 2.02. The summed E-state index contributed by atoms with van der Waals surface area (Å²) in [6.07, 6.45) is 2.74. The van der Waals surface area contributed by atoms with Crippen LogP contribution in [0, 0.1) is 5.41 Å². The molecule has 0 aromatic carbocycles. The maximum Gasteiger partial charge on any atom is 0.0561 e. The van der Waals surface area contributed by atoms with Gasteiger partial charge in [-0.05, 0) is 32.1 Å². The normalized spacial score (nSPS) is 31.5. The van der Waals surface area contributed by atoms with E-state index >= 15 is 0 Å². The van der Waals surface area contributed by atoms with Gasteiger partial charge in [0.2, 0.25) is 0 Å². The first-order chi connectivity index (χ1) is 6.39. The molecule has 0 radical (unpaired) electrons. The van der Waals surface area contributed by atoms with Crippen LogP contribution in [0.1, 0.15) is 47.5 Å². The summed E-state index contributed by atoms with van der Waals surface area (Å²) in [6, 6.07) is 1.21. The van der Waals surface area contributed by atoms with E-state index in [-0.39, 0.29) is 0 Å². The molecule has 3 unspecified atom stereocenters. The fourth-order valence-electron chi connectivity index (χ4n) is 1.75. The Balaban J connectivity index is 2.36. The van der Waals surface area contributed by atoms with Crippen molar-refractivity contribution in [3.63, 3.8) is 0 Å². The molecule has 0 aromatic heterocycles. The molecule has 84 valence electrons. The van der Waals surface area contributed by atoms with Crippen molar-refractivity contribution in [1.29, 1.82) is 0 Å². The van der Waals surface area contributed by atoms with Crippen molar-refractivity contribution in [2.75, 3.05) is 6.61 Å². The van der Waals surface area contributed by atoms with Gasteiger partial charge in [-0.3, -0.25) is 0 Å². The van der Waals surface area contributed by atoms with E-state index in [0.29, 0.717) is 23.6 Å². The predicted octanol–water partition coefficient (Wildman–Crippen LogP) is 2.58. The molecule has 1 N–H and O–H groups in total. The lowest BCUT2D eigenvalue weighted by molar-refractivity contribution is 0.00876. The largest absolute Gasteiger partial charge is 0.378 e. The van der Waals surface area contributed by atoms with Gasteiger partial charge in [-0.1, -0.05) is 20.8 Å². The summed E-state index contributed by atoms with van der Waals surface area (Å²) in [7, 11) is 0. The van der Waals surface area contributed by atoms with Crippen LogP contribution in [-0.2, 0) is 4.74 Å². The molecule has 1 rings (SSSR count). The predicted molar refractivity (Wildman–Crippen MR) is 60.5 cm³/mol. The van der Waals surface area contributed by atoms with Gasteiger partial charge in [0.05, 0.1) is 6.10 Å². The van der Waals surface area contributed by atoms with Gasteiger partial charge in [-0.2, -0.15) is 0 Å². The lowest BCUT2D eigenvalue weighted by Gasteiger charge is -2.35. The number of hydrogen-bond acceptors (Lipinski definition) is 2. The van der Waals surface area contributed by atoms with Crippen LogP contribution in [-0.4, -0.2) is 24.8 Å². The van der Waals surface area contributed by atoms with Crippen molar-refractivity contribution in [2.45, 2.75) is 65.6 Å². The molecule has 1 heterocycles. The Hall–Kier alpha value is -0.0800. The van der Waals surface area contributed by atoms with Crippen LogP contribution in [0.3, 0.4) is 0 Å². The number of rotatable bonds is 2. The Labute approximate surface area is 88.4 Å². The molecular weight excluding hydrogens is 174 g/mol. The first-order valence-electron chi connectivity index (χ1n) is 5.77. The molecule has 0 aliphatic carbocycles. The molecule has 1 aliphatic rings. The summed E-state index contributed by atoms with van der Waals surface area (Å²) < 4.78 is 5.54. The van der Waals surface area contributed by atoms with Gasteiger partial charge in [0.1, 0.15) is 0 Å². The molecule has 3 atom stereocenters. The summed E-state index contributed by atoms with van der Waals surface area (Å²) >= 11 is 0. The highest BCUT2D eigenvalue weighted by atomic mass is 16.5. The molecule has 1 fully saturated rings. The molecule has 1 saturated heterocycles. The topological polar surface area (TPSA) is 21.3 Å². The van der Waals surface area contributed by atoms with E-state index in [1.165, 1.54) is 0 Å². The van der Waals surface area contributed by atoms with E-state index in [2.05, 4.69) is 39.9 Å². The van der Waals surface area contributed by atoms with Crippen LogP contribution in [0.2, 0.25) is 0 Å². The van der Waals surface area contributed by atoms with E-state index < -0.39 is 0 Å². The quantitative estimate of drug-likeness (QED) is 0.738. The summed E-state index contributed by atoms with van der Waals surface area (Å²) in [5.74, 6) is 0. The molecule has 0 aromatic rings. The monoisotopic (exact) mass is 199 g/mol. The molecule has 2 nitrogen and oxygen atoms in total. The third-order valence-electron chi connectivity index (χ3n) is 3.27. The third kappa shape index (κ3) is 3.58. The number of ether oxygens (including phenoxy) is 1. The van der Waals surface area contributed by atoms with Gasteiger partial charge in [0.25, 0.3) is 0 Å². The minimum atomic E-state index is 0.349. The van der Waals surface area contributed by atoms with E-state index in [0.717, 1.165) is 19.4 Å². The molecule has 0 amide bonds. The van der Waals surface area contributed by atoms with Crippen LogP contribution >= 0.6 is 0 Å². The maximum absolute atomic E-state index is 5.54. The molecule has 0 spiro atoms. The Morgan fingerprint density at radius 1 is 1.36 bits per heavy atom. The highest BCUT2D eigenvalue weighted by Gasteiger charge is 2.25. The van der Waals surface area contributed by atoms with Crippen molar-refractivity contribution >= 4 is 0 Å². The minimum Gasteiger partial charge on any atom is -0.378 e. The van der Waals surface area contributed by atoms with Crippen molar-refractivity contribution in [3.8, 4) is 0 Å². The van der Waals surface area contributed by atoms with Gasteiger partial charge in [-0.15, -0.1) is 0 Å². The van der Waals surface area contributed by atoms with Crippen LogP contribution in [0.5, 0.6) is 0 Å². The van der Waals surface area contributed by atoms with Crippen LogP contribution in [0.4, 0.5) is 0 Å². The Morgan fingerprint density at radius 3 is 2.50 bits per heavy atom. The Bertz CT molecular complexity index is 174. The zero-order valence-electron chi connectivity index (χ0n) is 10.3. The van der Waals surface area contributed by atoms with E-state index in [4.69, 9.17) is 4.74 Å². The van der Waals surface area contributed by atoms with Crippen molar-refractivity contribution in [3.05, 3.63) is 0 Å². The SMILES string of the molecule is CC1CC(NC(C)C(C)(C)C)CCO1. The fourth-order valence-corrected chi connectivity index (χ4v) is 1.75.